The third kappa shape index (κ3) is 5.72. The van der Waals surface area contributed by atoms with E-state index in [1.54, 1.807) is 16.9 Å². The first-order valence-corrected chi connectivity index (χ1v) is 11.6. The van der Waals surface area contributed by atoms with Crippen molar-refractivity contribution in [2.75, 3.05) is 11.1 Å². The summed E-state index contributed by atoms with van der Waals surface area (Å²) in [6, 6.07) is 12.7. The smallest absolute Gasteiger partial charge is 0.319 e. The summed E-state index contributed by atoms with van der Waals surface area (Å²) in [7, 11) is 0. The lowest BCUT2D eigenvalue weighted by Crippen LogP contribution is -2.34. The van der Waals surface area contributed by atoms with Gasteiger partial charge in [0.2, 0.25) is 0 Å². The molecule has 1 saturated carbocycles. The molecular weight excluding hydrogens is 430 g/mol. The lowest BCUT2D eigenvalue weighted by atomic mass is 10.1. The van der Waals surface area contributed by atoms with E-state index < -0.39 is 0 Å². The van der Waals surface area contributed by atoms with Gasteiger partial charge in [-0.25, -0.2) is 9.78 Å². The van der Waals surface area contributed by atoms with E-state index in [0.717, 1.165) is 42.5 Å². The Bertz CT molecular complexity index is 1130. The number of benzene rings is 1. The van der Waals surface area contributed by atoms with Gasteiger partial charge >= 0.3 is 6.03 Å². The molecule has 0 atom stereocenters. The first kappa shape index (κ1) is 23.3. The normalized spacial score (nSPS) is 13.7. The third-order valence-electron chi connectivity index (χ3n) is 5.89. The van der Waals surface area contributed by atoms with Crippen molar-refractivity contribution in [1.29, 1.82) is 0 Å². The maximum atomic E-state index is 12.9. The van der Waals surface area contributed by atoms with Crippen LogP contribution in [0.4, 0.5) is 16.3 Å². The van der Waals surface area contributed by atoms with Gasteiger partial charge < -0.3 is 21.7 Å². The van der Waals surface area contributed by atoms with Crippen LogP contribution in [-0.4, -0.2) is 32.7 Å². The van der Waals surface area contributed by atoms with E-state index in [9.17, 15) is 9.59 Å². The summed E-state index contributed by atoms with van der Waals surface area (Å²) >= 11 is 0. The topological polar surface area (TPSA) is 127 Å². The Balaban J connectivity index is 1.40. The van der Waals surface area contributed by atoms with Gasteiger partial charge in [0.05, 0.1) is 5.69 Å². The molecule has 1 aromatic carbocycles. The van der Waals surface area contributed by atoms with Crippen molar-refractivity contribution in [3.8, 4) is 11.3 Å². The van der Waals surface area contributed by atoms with Crippen molar-refractivity contribution < 1.29 is 9.59 Å². The van der Waals surface area contributed by atoms with E-state index in [0.29, 0.717) is 23.7 Å². The van der Waals surface area contributed by atoms with E-state index in [4.69, 9.17) is 5.73 Å². The molecule has 0 unspecified atom stereocenters. The van der Waals surface area contributed by atoms with Gasteiger partial charge in [0, 0.05) is 36.1 Å². The minimum Gasteiger partial charge on any atom is -0.384 e. The van der Waals surface area contributed by atoms with Crippen LogP contribution in [0.2, 0.25) is 0 Å². The number of amides is 3. The van der Waals surface area contributed by atoms with Gasteiger partial charge in [-0.2, -0.15) is 5.10 Å². The van der Waals surface area contributed by atoms with Crippen molar-refractivity contribution >= 4 is 23.4 Å². The fraction of sp³-hybridized carbons (Fsp3) is 0.360. The molecule has 178 valence electrons. The minimum absolute atomic E-state index is 0.0546. The van der Waals surface area contributed by atoms with Crippen LogP contribution in [-0.2, 0) is 6.54 Å². The molecule has 2 aromatic heterocycles. The van der Waals surface area contributed by atoms with Gasteiger partial charge in [-0.05, 0) is 56.5 Å². The summed E-state index contributed by atoms with van der Waals surface area (Å²) < 4.78 is 1.77. The number of aromatic nitrogens is 3. The average molecular weight is 462 g/mol. The molecular formula is C25H31N7O2. The molecule has 4 rings (SSSR count). The summed E-state index contributed by atoms with van der Waals surface area (Å²) in [5, 5.41) is 13.4. The molecule has 1 aliphatic rings. The summed E-state index contributed by atoms with van der Waals surface area (Å²) in [5.74, 6) is 0.360. The molecule has 0 aliphatic heterocycles. The Hall–Kier alpha value is -3.88. The Morgan fingerprint density at radius 1 is 1.12 bits per heavy atom. The van der Waals surface area contributed by atoms with Gasteiger partial charge in [-0.1, -0.05) is 31.0 Å². The van der Waals surface area contributed by atoms with E-state index >= 15 is 0 Å². The predicted octanol–water partition coefficient (Wildman–Crippen LogP) is 4.10. The predicted molar refractivity (Wildman–Crippen MR) is 132 cm³/mol. The monoisotopic (exact) mass is 461 g/mol. The Morgan fingerprint density at radius 2 is 1.85 bits per heavy atom. The maximum Gasteiger partial charge on any atom is 0.319 e. The van der Waals surface area contributed by atoms with Crippen molar-refractivity contribution in [2.45, 2.75) is 58.2 Å². The number of pyridine rings is 1. The summed E-state index contributed by atoms with van der Waals surface area (Å²) in [5.41, 5.74) is 9.23. The zero-order chi connectivity index (χ0) is 24.1. The largest absolute Gasteiger partial charge is 0.384 e. The van der Waals surface area contributed by atoms with Gasteiger partial charge in [0.1, 0.15) is 11.5 Å². The minimum atomic E-state index is -0.320. The number of hydrogen-bond acceptors (Lipinski definition) is 5. The number of rotatable bonds is 7. The highest BCUT2D eigenvalue weighted by molar-refractivity contribution is 5.94. The van der Waals surface area contributed by atoms with E-state index in [2.05, 4.69) is 26.0 Å². The molecule has 2 heterocycles. The van der Waals surface area contributed by atoms with E-state index in [1.165, 1.54) is 0 Å². The highest BCUT2D eigenvalue weighted by Gasteiger charge is 2.22. The summed E-state index contributed by atoms with van der Waals surface area (Å²) in [4.78, 5) is 29.1. The molecule has 34 heavy (non-hydrogen) atoms. The van der Waals surface area contributed by atoms with Crippen molar-refractivity contribution in [3.63, 3.8) is 0 Å². The summed E-state index contributed by atoms with van der Waals surface area (Å²) in [6.45, 7) is 4.36. The van der Waals surface area contributed by atoms with Crippen LogP contribution in [0.5, 0.6) is 0 Å². The highest BCUT2D eigenvalue weighted by atomic mass is 16.2. The lowest BCUT2D eigenvalue weighted by Gasteiger charge is -2.14. The molecule has 3 amide bonds. The molecule has 0 spiro atoms. The molecule has 3 aromatic rings. The number of nitrogen functional groups attached to an aromatic ring is 1. The number of urea groups is 1. The molecule has 5 N–H and O–H groups in total. The van der Waals surface area contributed by atoms with Gasteiger partial charge in [0.25, 0.3) is 5.91 Å². The van der Waals surface area contributed by atoms with Crippen molar-refractivity contribution in [2.24, 2.45) is 0 Å². The average Bonchev–Trinajstić information content (AvgIpc) is 3.49. The van der Waals surface area contributed by atoms with Crippen LogP contribution in [0, 0.1) is 0 Å². The first-order valence-electron chi connectivity index (χ1n) is 11.6. The number of nitrogens with one attached hydrogen (secondary N) is 3. The van der Waals surface area contributed by atoms with E-state index in [-0.39, 0.29) is 24.0 Å². The highest BCUT2D eigenvalue weighted by Crippen LogP contribution is 2.24. The van der Waals surface area contributed by atoms with Crippen LogP contribution in [0.3, 0.4) is 0 Å². The Kier molecular flexibility index (Phi) is 7.10. The number of anilines is 2. The van der Waals surface area contributed by atoms with Crippen molar-refractivity contribution in [1.82, 2.24) is 25.4 Å². The zero-order valence-corrected chi connectivity index (χ0v) is 19.5. The lowest BCUT2D eigenvalue weighted by molar-refractivity contribution is 0.0925. The fourth-order valence-corrected chi connectivity index (χ4v) is 4.05. The molecule has 1 fully saturated rings. The SMILES string of the molecule is CC(C)n1nc(-c2ccc(NC(=O)NCc3ccc(N)nc3)cc2)cc1C(=O)NC1CCCC1. The number of carbonyl (C=O) groups excluding carboxylic acids is 2. The van der Waals surface area contributed by atoms with Crippen LogP contribution in [0.15, 0.2) is 48.7 Å². The number of nitrogens with zero attached hydrogens (tertiary/aromatic N) is 3. The molecule has 9 nitrogen and oxygen atoms in total. The van der Waals surface area contributed by atoms with Crippen LogP contribution >= 0.6 is 0 Å². The number of nitrogens with two attached hydrogens (primary N) is 1. The summed E-state index contributed by atoms with van der Waals surface area (Å²) in [6.07, 6.45) is 6.02. The van der Waals surface area contributed by atoms with Crippen LogP contribution < -0.4 is 21.7 Å². The van der Waals surface area contributed by atoms with Gasteiger partial charge in [-0.15, -0.1) is 0 Å². The van der Waals surface area contributed by atoms with Crippen LogP contribution in [0.25, 0.3) is 11.3 Å². The molecule has 0 radical (unpaired) electrons. The van der Waals surface area contributed by atoms with Gasteiger partial charge in [0.15, 0.2) is 0 Å². The van der Waals surface area contributed by atoms with Gasteiger partial charge in [-0.3, -0.25) is 9.48 Å². The van der Waals surface area contributed by atoms with E-state index in [1.807, 2.05) is 50.2 Å². The zero-order valence-electron chi connectivity index (χ0n) is 19.5. The maximum absolute atomic E-state index is 12.9. The standard InChI is InChI=1S/C25H31N7O2/c1-16(2)32-22(24(33)29-19-5-3-4-6-19)13-21(31-32)18-8-10-20(11-9-18)30-25(34)28-15-17-7-12-23(26)27-14-17/h7-14,16,19H,3-6,15H2,1-2H3,(H2,26,27)(H,29,33)(H2,28,30,34). The second-order valence-electron chi connectivity index (χ2n) is 8.88. The van der Waals surface area contributed by atoms with Crippen molar-refractivity contribution in [3.05, 3.63) is 59.9 Å². The first-order chi connectivity index (χ1) is 16.4. The Labute approximate surface area is 199 Å². The quantitative estimate of drug-likeness (QED) is 0.421. The molecule has 0 saturated heterocycles. The number of carbonyl (C=O) groups is 2. The second kappa shape index (κ2) is 10.4. The number of hydrogen-bond donors (Lipinski definition) is 4. The fourth-order valence-electron chi connectivity index (χ4n) is 4.05. The third-order valence-corrected chi connectivity index (χ3v) is 5.89. The molecule has 1 aliphatic carbocycles. The Morgan fingerprint density at radius 3 is 2.50 bits per heavy atom. The van der Waals surface area contributed by atoms with Crippen LogP contribution in [0.1, 0.15) is 61.6 Å². The molecule has 9 heteroatoms. The second-order valence-corrected chi connectivity index (χ2v) is 8.88. The molecule has 0 bridgehead atoms.